The number of hydrogen-bond donors (Lipinski definition) is 4. The van der Waals surface area contributed by atoms with Gasteiger partial charge in [-0.05, 0) is 74.8 Å². The topological polar surface area (TPSA) is 107 Å². The molecule has 0 saturated heterocycles. The maximum atomic E-state index is 12.6. The summed E-state index contributed by atoms with van der Waals surface area (Å²) in [7, 11) is 0. The lowest BCUT2D eigenvalue weighted by molar-refractivity contribution is -0.124. The van der Waals surface area contributed by atoms with Gasteiger partial charge in [-0.15, -0.1) is 0 Å². The highest BCUT2D eigenvalue weighted by molar-refractivity contribution is 6.00. The van der Waals surface area contributed by atoms with Crippen LogP contribution in [0.25, 0.3) is 10.9 Å². The zero-order valence-corrected chi connectivity index (χ0v) is 22.4. The number of carbonyl (C=O) groups is 2. The number of H-pyrrole nitrogens is 1. The zero-order valence-electron chi connectivity index (χ0n) is 22.4. The van der Waals surface area contributed by atoms with E-state index in [-0.39, 0.29) is 5.41 Å². The molecule has 0 fully saturated rings. The van der Waals surface area contributed by atoms with E-state index in [1.54, 1.807) is 25.3 Å². The molecule has 0 radical (unpaired) electrons. The molecule has 7 heteroatoms. The first-order chi connectivity index (χ1) is 17.6. The zero-order chi connectivity index (χ0) is 27.0. The first kappa shape index (κ1) is 27.9. The van der Waals surface area contributed by atoms with Crippen LogP contribution >= 0.6 is 0 Å². The summed E-state index contributed by atoms with van der Waals surface area (Å²) in [6.45, 7) is 10.2. The molecule has 1 aliphatic rings. The molecule has 1 atom stereocenters. The van der Waals surface area contributed by atoms with E-state index in [2.05, 4.69) is 53.8 Å². The maximum absolute atomic E-state index is 12.6. The number of carbonyl (C=O) groups excluding carboxylic acids is 2. The Balaban J connectivity index is 1.55. The third kappa shape index (κ3) is 7.89. The summed E-state index contributed by atoms with van der Waals surface area (Å²) >= 11 is 0. The molecule has 1 aromatic heterocycles. The molecular weight excluding hydrogens is 464 g/mol. The summed E-state index contributed by atoms with van der Waals surface area (Å²) in [6.07, 6.45) is 16.8. The van der Waals surface area contributed by atoms with Crippen LogP contribution in [-0.4, -0.2) is 39.8 Å². The fraction of sp³-hybridized carbons (Fsp3) is 0.367. The Morgan fingerprint density at radius 2 is 2.00 bits per heavy atom. The monoisotopic (exact) mass is 502 g/mol. The summed E-state index contributed by atoms with van der Waals surface area (Å²) in [5, 5.41) is 22.6. The van der Waals surface area contributed by atoms with Gasteiger partial charge in [0.05, 0.1) is 18.3 Å². The molecule has 196 valence electrons. The molecule has 4 N–H and O–H groups in total. The average Bonchev–Trinajstić information content (AvgIpc) is 3.29. The van der Waals surface area contributed by atoms with Crippen molar-refractivity contribution in [1.29, 1.82) is 0 Å². The smallest absolute Gasteiger partial charge is 0.249 e. The highest BCUT2D eigenvalue weighted by Crippen LogP contribution is 2.40. The van der Waals surface area contributed by atoms with Crippen molar-refractivity contribution in [3.63, 3.8) is 0 Å². The minimum absolute atomic E-state index is 0.207. The van der Waals surface area contributed by atoms with Crippen LogP contribution in [0.15, 0.2) is 83.1 Å². The van der Waals surface area contributed by atoms with Gasteiger partial charge in [-0.25, -0.2) is 0 Å². The number of benzene rings is 1. The van der Waals surface area contributed by atoms with Gasteiger partial charge in [-0.2, -0.15) is 5.10 Å². The number of hydrogen-bond acceptors (Lipinski definition) is 4. The average molecular weight is 503 g/mol. The van der Waals surface area contributed by atoms with E-state index in [0.29, 0.717) is 5.69 Å². The van der Waals surface area contributed by atoms with Crippen LogP contribution < -0.4 is 10.6 Å². The van der Waals surface area contributed by atoms with Crippen molar-refractivity contribution in [3.05, 3.63) is 83.1 Å². The predicted molar refractivity (Wildman–Crippen MR) is 150 cm³/mol. The molecule has 2 amide bonds. The number of amides is 2. The van der Waals surface area contributed by atoms with Gasteiger partial charge in [-0.1, -0.05) is 55.4 Å². The van der Waals surface area contributed by atoms with Crippen LogP contribution in [-0.2, 0) is 9.59 Å². The van der Waals surface area contributed by atoms with Gasteiger partial charge in [0.1, 0.15) is 6.04 Å². The van der Waals surface area contributed by atoms with Crippen LogP contribution in [0, 0.1) is 5.41 Å². The second-order valence-electron chi connectivity index (χ2n) is 10.3. The maximum Gasteiger partial charge on any atom is 0.249 e. The minimum atomic E-state index is -1.08. The number of nitrogens with one attached hydrogen (secondary N) is 3. The van der Waals surface area contributed by atoms with E-state index in [0.717, 1.165) is 28.5 Å². The van der Waals surface area contributed by atoms with Crippen molar-refractivity contribution in [1.82, 2.24) is 15.5 Å². The van der Waals surface area contributed by atoms with Crippen molar-refractivity contribution < 1.29 is 14.7 Å². The van der Waals surface area contributed by atoms with E-state index < -0.39 is 24.5 Å². The van der Waals surface area contributed by atoms with Crippen molar-refractivity contribution in [2.45, 2.75) is 59.9 Å². The fourth-order valence-corrected chi connectivity index (χ4v) is 4.54. The van der Waals surface area contributed by atoms with Crippen molar-refractivity contribution >= 4 is 28.4 Å². The fourth-order valence-electron chi connectivity index (χ4n) is 4.54. The highest BCUT2D eigenvalue weighted by atomic mass is 16.3. The van der Waals surface area contributed by atoms with Crippen molar-refractivity contribution in [3.8, 4) is 0 Å². The first-order valence-electron chi connectivity index (χ1n) is 12.7. The Labute approximate surface area is 219 Å². The van der Waals surface area contributed by atoms with Crippen LogP contribution in [0.3, 0.4) is 0 Å². The molecule has 0 spiro atoms. The van der Waals surface area contributed by atoms with Crippen molar-refractivity contribution in [2.24, 2.45) is 5.41 Å². The van der Waals surface area contributed by atoms with Crippen LogP contribution in [0.2, 0.25) is 0 Å². The van der Waals surface area contributed by atoms with Gasteiger partial charge in [-0.3, -0.25) is 14.7 Å². The van der Waals surface area contributed by atoms with Gasteiger partial charge >= 0.3 is 0 Å². The SMILES string of the molecule is CC(C=CC1=C(C)CCCC1(C)C)=CC=CC(C)=CC(=O)NC(CO)C(=O)Nc1ccc2cn[nH]c2c1. The molecule has 1 heterocycles. The molecule has 0 saturated carbocycles. The molecule has 1 unspecified atom stereocenters. The largest absolute Gasteiger partial charge is 0.394 e. The molecule has 2 aromatic rings. The van der Waals surface area contributed by atoms with E-state index in [1.807, 2.05) is 31.2 Å². The number of aliphatic hydroxyl groups is 1. The standard InChI is InChI=1S/C30H38N4O3/c1-20(11-14-25-22(3)10-7-15-30(25,4)5)8-6-9-21(2)16-28(36)33-27(19-35)29(37)32-24-13-12-23-18-31-34-26(23)17-24/h6,8-9,11-14,16-18,27,35H,7,10,15,19H2,1-5H3,(H,31,34)(H,32,37)(H,33,36). The lowest BCUT2D eigenvalue weighted by Crippen LogP contribution is -2.45. The Morgan fingerprint density at radius 3 is 2.73 bits per heavy atom. The van der Waals surface area contributed by atoms with Crippen molar-refractivity contribution in [2.75, 3.05) is 11.9 Å². The number of allylic oxidation sites excluding steroid dienone is 9. The summed E-state index contributed by atoms with van der Waals surface area (Å²) < 4.78 is 0. The normalized spacial score (nSPS) is 17.6. The number of aromatic nitrogens is 2. The molecule has 7 nitrogen and oxygen atoms in total. The van der Waals surface area contributed by atoms with Crippen LogP contribution in [0.5, 0.6) is 0 Å². The first-order valence-corrected chi connectivity index (χ1v) is 12.7. The number of aliphatic hydroxyl groups excluding tert-OH is 1. The second-order valence-corrected chi connectivity index (χ2v) is 10.3. The van der Waals surface area contributed by atoms with E-state index in [4.69, 9.17) is 0 Å². The third-order valence-electron chi connectivity index (χ3n) is 6.66. The lowest BCUT2D eigenvalue weighted by atomic mass is 9.72. The van der Waals surface area contributed by atoms with E-state index >= 15 is 0 Å². The lowest BCUT2D eigenvalue weighted by Gasteiger charge is -2.32. The van der Waals surface area contributed by atoms with Gasteiger partial charge in [0, 0.05) is 17.1 Å². The summed E-state index contributed by atoms with van der Waals surface area (Å²) in [5.41, 5.74) is 6.25. The van der Waals surface area contributed by atoms with Gasteiger partial charge in [0.2, 0.25) is 11.8 Å². The highest BCUT2D eigenvalue weighted by Gasteiger charge is 2.26. The molecule has 37 heavy (non-hydrogen) atoms. The Hall–Kier alpha value is -3.71. The Kier molecular flexibility index (Phi) is 9.42. The summed E-state index contributed by atoms with van der Waals surface area (Å²) in [5.74, 6) is -0.962. The molecule has 0 bridgehead atoms. The van der Waals surface area contributed by atoms with Crippen LogP contribution in [0.4, 0.5) is 5.69 Å². The molecule has 3 rings (SSSR count). The Morgan fingerprint density at radius 1 is 1.22 bits per heavy atom. The number of nitrogens with zero attached hydrogens (tertiary/aromatic N) is 1. The summed E-state index contributed by atoms with van der Waals surface area (Å²) in [6, 6.07) is 4.22. The predicted octanol–water partition coefficient (Wildman–Crippen LogP) is 5.51. The number of aromatic amines is 1. The minimum Gasteiger partial charge on any atom is -0.394 e. The number of fused-ring (bicyclic) bond motifs is 1. The molecular formula is C30H38N4O3. The second kappa shape index (κ2) is 12.5. The van der Waals surface area contributed by atoms with Crippen LogP contribution in [0.1, 0.15) is 53.9 Å². The van der Waals surface area contributed by atoms with Gasteiger partial charge < -0.3 is 15.7 Å². The quantitative estimate of drug-likeness (QED) is 0.268. The van der Waals surface area contributed by atoms with E-state index in [1.165, 1.54) is 30.1 Å². The number of rotatable bonds is 9. The van der Waals surface area contributed by atoms with Gasteiger partial charge in [0.15, 0.2) is 0 Å². The van der Waals surface area contributed by atoms with Gasteiger partial charge in [0.25, 0.3) is 0 Å². The number of anilines is 1. The Bertz CT molecular complexity index is 1290. The molecule has 1 aromatic carbocycles. The van der Waals surface area contributed by atoms with E-state index in [9.17, 15) is 14.7 Å². The third-order valence-corrected chi connectivity index (χ3v) is 6.66. The summed E-state index contributed by atoms with van der Waals surface area (Å²) in [4.78, 5) is 25.0. The molecule has 0 aliphatic heterocycles. The molecule has 1 aliphatic carbocycles.